The van der Waals surface area contributed by atoms with E-state index >= 15 is 0 Å². The molecule has 7 heteroatoms. The Morgan fingerprint density at radius 1 is 1.33 bits per heavy atom. The number of fused-ring (bicyclic) bond motifs is 1. The lowest BCUT2D eigenvalue weighted by molar-refractivity contribution is 0.799. The van der Waals surface area contributed by atoms with E-state index < -0.39 is 0 Å². The van der Waals surface area contributed by atoms with Crippen LogP contribution in [0.5, 0.6) is 0 Å². The van der Waals surface area contributed by atoms with E-state index in [0.29, 0.717) is 11.5 Å². The third kappa shape index (κ3) is 3.26. The third-order valence-corrected chi connectivity index (χ3v) is 4.63. The summed E-state index contributed by atoms with van der Waals surface area (Å²) in [7, 11) is 0. The summed E-state index contributed by atoms with van der Waals surface area (Å²) in [5, 5.41) is 4.54. The van der Waals surface area contributed by atoms with Gasteiger partial charge in [0.2, 0.25) is 0 Å². The molecule has 6 nitrogen and oxygen atoms in total. The fourth-order valence-corrected chi connectivity index (χ4v) is 3.19. The van der Waals surface area contributed by atoms with E-state index in [4.69, 9.17) is 11.5 Å². The summed E-state index contributed by atoms with van der Waals surface area (Å²) in [5.74, 6) is 0.588. The lowest BCUT2D eigenvalue weighted by atomic mass is 9.98. The lowest BCUT2D eigenvalue weighted by Gasteiger charge is -2.09. The third-order valence-electron chi connectivity index (χ3n) is 3.78. The van der Waals surface area contributed by atoms with E-state index in [1.807, 2.05) is 30.5 Å². The second-order valence-electron chi connectivity index (χ2n) is 5.68. The van der Waals surface area contributed by atoms with Gasteiger partial charge in [0.25, 0.3) is 0 Å². The number of nitrogens with one attached hydrogen (secondary N) is 1. The van der Waals surface area contributed by atoms with Gasteiger partial charge in [-0.25, -0.2) is 4.68 Å². The van der Waals surface area contributed by atoms with Gasteiger partial charge < -0.3 is 16.5 Å². The first-order valence-electron chi connectivity index (χ1n) is 7.52. The number of aromatic amines is 1. The van der Waals surface area contributed by atoms with Crippen LogP contribution in [0.4, 0.5) is 0 Å². The summed E-state index contributed by atoms with van der Waals surface area (Å²) >= 11 is 1.21. The molecule has 1 atom stereocenters. The quantitative estimate of drug-likeness (QED) is 0.635. The molecule has 3 aromatic rings. The van der Waals surface area contributed by atoms with Crippen LogP contribution < -0.4 is 16.3 Å². The zero-order valence-electron chi connectivity index (χ0n) is 13.5. The fourth-order valence-electron chi connectivity index (χ4n) is 2.41. The second-order valence-corrected chi connectivity index (χ2v) is 6.69. The highest BCUT2D eigenvalue weighted by Crippen LogP contribution is 2.26. The number of allylic oxidation sites excluding steroid dienone is 3. The Bertz CT molecular complexity index is 988. The fraction of sp³-hybridized carbons (Fsp3) is 0.176. The van der Waals surface area contributed by atoms with Gasteiger partial charge in [0.05, 0.1) is 15.9 Å². The van der Waals surface area contributed by atoms with Crippen molar-refractivity contribution in [3.05, 3.63) is 69.2 Å². The van der Waals surface area contributed by atoms with Crippen LogP contribution >= 0.6 is 11.3 Å². The highest BCUT2D eigenvalue weighted by Gasteiger charge is 2.13. The molecule has 124 valence electrons. The Morgan fingerprint density at radius 2 is 2.12 bits per heavy atom. The molecule has 2 heterocycles. The number of nitrogens with zero attached hydrogens (tertiary/aromatic N) is 2. The normalized spacial score (nSPS) is 14.2. The average molecular weight is 341 g/mol. The summed E-state index contributed by atoms with van der Waals surface area (Å²) in [5.41, 5.74) is 15.1. The standard InChI is InChI=1S/C17H19N5OS/c1-10(18)3-6-16(19)22-8-7-13(21-22)11(2)12-4-5-14-15(9-12)24-17(23)20-14/h3-9,11H,18-19H2,1-2H3,(H,20,23)/b10-3-,16-6+. The number of H-pyrrole nitrogens is 1. The second kappa shape index (κ2) is 6.37. The van der Waals surface area contributed by atoms with Crippen molar-refractivity contribution in [1.82, 2.24) is 14.8 Å². The van der Waals surface area contributed by atoms with E-state index in [1.165, 1.54) is 11.3 Å². The number of benzene rings is 1. The van der Waals surface area contributed by atoms with Gasteiger partial charge in [-0.3, -0.25) is 4.79 Å². The number of rotatable bonds is 4. The lowest BCUT2D eigenvalue weighted by Crippen LogP contribution is -2.08. The molecule has 2 aromatic heterocycles. The zero-order valence-corrected chi connectivity index (χ0v) is 14.3. The molecular weight excluding hydrogens is 322 g/mol. The van der Waals surface area contributed by atoms with Gasteiger partial charge in [-0.2, -0.15) is 5.10 Å². The SMILES string of the molecule is C/C(N)=C/C=C(\N)n1ccc(C(C)c2ccc3[nH]c(=O)sc3c2)n1. The Hall–Kier alpha value is -2.80. The molecule has 1 unspecified atom stereocenters. The van der Waals surface area contributed by atoms with Crippen molar-refractivity contribution in [3.8, 4) is 0 Å². The molecule has 0 fully saturated rings. The van der Waals surface area contributed by atoms with Gasteiger partial charge in [-0.1, -0.05) is 24.3 Å². The zero-order chi connectivity index (χ0) is 17.3. The van der Waals surface area contributed by atoms with E-state index in [1.54, 1.807) is 23.8 Å². The highest BCUT2D eigenvalue weighted by molar-refractivity contribution is 7.16. The van der Waals surface area contributed by atoms with E-state index in [-0.39, 0.29) is 10.8 Å². The van der Waals surface area contributed by atoms with Crippen molar-refractivity contribution in [1.29, 1.82) is 0 Å². The minimum absolute atomic E-state index is 0.0414. The highest BCUT2D eigenvalue weighted by atomic mass is 32.1. The molecule has 0 aliphatic rings. The smallest absolute Gasteiger partial charge is 0.305 e. The molecule has 0 radical (unpaired) electrons. The molecule has 1 aromatic carbocycles. The van der Waals surface area contributed by atoms with Crippen LogP contribution in [0.2, 0.25) is 0 Å². The number of hydrogen-bond donors (Lipinski definition) is 3. The van der Waals surface area contributed by atoms with Gasteiger partial charge in [0.15, 0.2) is 0 Å². The first-order chi connectivity index (χ1) is 11.4. The van der Waals surface area contributed by atoms with Crippen molar-refractivity contribution in [3.63, 3.8) is 0 Å². The Balaban J connectivity index is 1.89. The Morgan fingerprint density at radius 3 is 2.88 bits per heavy atom. The minimum atomic E-state index is -0.0414. The maximum Gasteiger partial charge on any atom is 0.305 e. The maximum absolute atomic E-state index is 11.4. The van der Waals surface area contributed by atoms with Crippen molar-refractivity contribution >= 4 is 27.4 Å². The van der Waals surface area contributed by atoms with Gasteiger partial charge in [0.1, 0.15) is 5.82 Å². The van der Waals surface area contributed by atoms with Crippen molar-refractivity contribution < 1.29 is 0 Å². The summed E-state index contributed by atoms with van der Waals surface area (Å²) in [6.45, 7) is 3.87. The molecule has 0 saturated heterocycles. The summed E-state index contributed by atoms with van der Waals surface area (Å²) in [6, 6.07) is 7.91. The van der Waals surface area contributed by atoms with Crippen molar-refractivity contribution in [2.24, 2.45) is 11.5 Å². The molecular formula is C17H19N5OS. The molecule has 0 aliphatic carbocycles. The van der Waals surface area contributed by atoms with E-state index in [9.17, 15) is 4.79 Å². The maximum atomic E-state index is 11.4. The minimum Gasteiger partial charge on any atom is -0.402 e. The number of thiazole rings is 1. The summed E-state index contributed by atoms with van der Waals surface area (Å²) in [4.78, 5) is 14.2. The van der Waals surface area contributed by atoms with Crippen LogP contribution in [0, 0.1) is 0 Å². The molecule has 0 aliphatic heterocycles. The van der Waals surface area contributed by atoms with Crippen molar-refractivity contribution in [2.45, 2.75) is 19.8 Å². The van der Waals surface area contributed by atoms with Crippen LogP contribution in [0.3, 0.4) is 0 Å². The first-order valence-corrected chi connectivity index (χ1v) is 8.34. The number of hydrogen-bond acceptors (Lipinski definition) is 5. The van der Waals surface area contributed by atoms with Crippen LogP contribution in [0.1, 0.15) is 31.0 Å². The predicted molar refractivity (Wildman–Crippen MR) is 98.6 cm³/mol. The van der Waals surface area contributed by atoms with Gasteiger partial charge in [0, 0.05) is 17.8 Å². The topological polar surface area (TPSA) is 103 Å². The van der Waals surface area contributed by atoms with Crippen LogP contribution in [-0.2, 0) is 0 Å². The Kier molecular flexibility index (Phi) is 4.26. The van der Waals surface area contributed by atoms with Gasteiger partial charge >= 0.3 is 4.87 Å². The molecule has 0 spiro atoms. The summed E-state index contributed by atoms with van der Waals surface area (Å²) in [6.07, 6.45) is 5.28. The molecule has 3 rings (SSSR count). The predicted octanol–water partition coefficient (Wildman–Crippen LogP) is 2.56. The van der Waals surface area contributed by atoms with Crippen molar-refractivity contribution in [2.75, 3.05) is 0 Å². The summed E-state index contributed by atoms with van der Waals surface area (Å²) < 4.78 is 2.57. The molecule has 24 heavy (non-hydrogen) atoms. The monoisotopic (exact) mass is 341 g/mol. The number of nitrogens with two attached hydrogens (primary N) is 2. The average Bonchev–Trinajstić information content (AvgIpc) is 3.16. The first kappa shape index (κ1) is 16.1. The van der Waals surface area contributed by atoms with Crippen LogP contribution in [0.15, 0.2) is 53.1 Å². The van der Waals surface area contributed by atoms with Crippen LogP contribution in [0.25, 0.3) is 16.0 Å². The molecule has 5 N–H and O–H groups in total. The Labute approximate surface area is 143 Å². The van der Waals surface area contributed by atoms with Crippen LogP contribution in [-0.4, -0.2) is 14.8 Å². The largest absolute Gasteiger partial charge is 0.402 e. The number of aromatic nitrogens is 3. The molecule has 0 bridgehead atoms. The van der Waals surface area contributed by atoms with E-state index in [2.05, 4.69) is 17.0 Å². The van der Waals surface area contributed by atoms with Gasteiger partial charge in [-0.05, 0) is 42.8 Å². The van der Waals surface area contributed by atoms with Gasteiger partial charge in [-0.15, -0.1) is 0 Å². The molecule has 0 saturated carbocycles. The van der Waals surface area contributed by atoms with E-state index in [0.717, 1.165) is 21.5 Å². The molecule has 0 amide bonds.